The van der Waals surface area contributed by atoms with Crippen LogP contribution in [0.3, 0.4) is 0 Å². The second kappa shape index (κ2) is 6.16. The fourth-order valence-electron chi connectivity index (χ4n) is 2.59. The molecule has 0 unspecified atom stereocenters. The summed E-state index contributed by atoms with van der Waals surface area (Å²) in [6.07, 6.45) is 0. The molecule has 0 N–H and O–H groups in total. The number of ether oxygens (including phenoxy) is 1. The molecule has 22 heavy (non-hydrogen) atoms. The number of fused-ring (bicyclic) bond motifs is 1. The molecule has 0 bridgehead atoms. The molecule has 0 amide bonds. The fraction of sp³-hybridized carbons (Fsp3) is 0.111. The molecule has 0 aliphatic carbocycles. The second-order valence-electron chi connectivity index (χ2n) is 4.82. The molecule has 0 spiro atoms. The summed E-state index contributed by atoms with van der Waals surface area (Å²) in [5.41, 5.74) is 3.53. The summed E-state index contributed by atoms with van der Waals surface area (Å²) >= 11 is 6.02. The summed E-state index contributed by atoms with van der Waals surface area (Å²) in [7, 11) is 1.37. The highest BCUT2D eigenvalue weighted by atomic mass is 35.5. The lowest BCUT2D eigenvalue weighted by atomic mass is 9.94. The molecule has 0 fully saturated rings. The number of aromatic nitrogens is 1. The van der Waals surface area contributed by atoms with Crippen LogP contribution in [0.5, 0.6) is 0 Å². The van der Waals surface area contributed by atoms with E-state index >= 15 is 0 Å². The zero-order valence-corrected chi connectivity index (χ0v) is 12.8. The minimum atomic E-state index is -0.423. The van der Waals surface area contributed by atoms with Gasteiger partial charge in [-0.3, -0.25) is 4.98 Å². The first-order valence-electron chi connectivity index (χ1n) is 6.87. The van der Waals surface area contributed by atoms with Crippen molar-refractivity contribution in [3.05, 3.63) is 65.9 Å². The van der Waals surface area contributed by atoms with Crippen molar-refractivity contribution in [1.82, 2.24) is 4.98 Å². The maximum absolute atomic E-state index is 12.3. The van der Waals surface area contributed by atoms with Gasteiger partial charge >= 0.3 is 5.97 Å². The monoisotopic (exact) mass is 311 g/mol. The van der Waals surface area contributed by atoms with Gasteiger partial charge in [-0.05, 0) is 11.6 Å². The number of esters is 1. The molecule has 3 aromatic rings. The summed E-state index contributed by atoms with van der Waals surface area (Å²) in [6.45, 7) is 0. The van der Waals surface area contributed by atoms with Gasteiger partial charge in [-0.1, -0.05) is 48.5 Å². The van der Waals surface area contributed by atoms with Crippen molar-refractivity contribution in [3.63, 3.8) is 0 Å². The van der Waals surface area contributed by atoms with Gasteiger partial charge in [0.25, 0.3) is 0 Å². The van der Waals surface area contributed by atoms with Crippen LogP contribution in [0.15, 0.2) is 54.6 Å². The maximum atomic E-state index is 12.3. The Hall–Kier alpha value is -2.39. The third kappa shape index (κ3) is 2.44. The van der Waals surface area contributed by atoms with Gasteiger partial charge in [-0.15, -0.1) is 11.6 Å². The highest BCUT2D eigenvalue weighted by Crippen LogP contribution is 2.34. The average Bonchev–Trinajstić information content (AvgIpc) is 2.60. The number of carbonyl (C=O) groups excluding carboxylic acids is 1. The Morgan fingerprint density at radius 2 is 1.77 bits per heavy atom. The van der Waals surface area contributed by atoms with Gasteiger partial charge in [0.05, 0.1) is 29.8 Å². The van der Waals surface area contributed by atoms with Crippen LogP contribution in [0.1, 0.15) is 16.1 Å². The average molecular weight is 312 g/mol. The van der Waals surface area contributed by atoms with Crippen molar-refractivity contribution in [2.24, 2.45) is 0 Å². The number of para-hydroxylation sites is 1. The van der Waals surface area contributed by atoms with E-state index in [9.17, 15) is 4.79 Å². The molecule has 3 nitrogen and oxygen atoms in total. The molecule has 0 saturated heterocycles. The first-order valence-corrected chi connectivity index (χ1v) is 7.41. The Balaban J connectivity index is 2.46. The van der Waals surface area contributed by atoms with Crippen LogP contribution in [0, 0.1) is 0 Å². The Kier molecular flexibility index (Phi) is 4.07. The Morgan fingerprint density at radius 3 is 2.45 bits per heavy atom. The van der Waals surface area contributed by atoms with E-state index in [0.29, 0.717) is 11.3 Å². The van der Waals surface area contributed by atoms with Crippen LogP contribution < -0.4 is 0 Å². The van der Waals surface area contributed by atoms with Gasteiger partial charge in [0.2, 0.25) is 0 Å². The highest BCUT2D eigenvalue weighted by molar-refractivity contribution is 6.18. The summed E-state index contributed by atoms with van der Waals surface area (Å²) in [5, 5.41) is 0.906. The van der Waals surface area contributed by atoms with Crippen LogP contribution in [0.25, 0.3) is 22.0 Å². The topological polar surface area (TPSA) is 39.2 Å². The molecule has 2 aromatic carbocycles. The van der Waals surface area contributed by atoms with E-state index in [-0.39, 0.29) is 5.88 Å². The molecule has 4 heteroatoms. The number of methoxy groups -OCH3 is 1. The molecular weight excluding hydrogens is 298 g/mol. The van der Waals surface area contributed by atoms with E-state index in [0.717, 1.165) is 22.0 Å². The summed E-state index contributed by atoms with van der Waals surface area (Å²) in [6, 6.07) is 17.5. The Morgan fingerprint density at radius 1 is 1.09 bits per heavy atom. The van der Waals surface area contributed by atoms with Crippen molar-refractivity contribution >= 4 is 28.5 Å². The van der Waals surface area contributed by atoms with E-state index in [1.54, 1.807) is 0 Å². The zero-order chi connectivity index (χ0) is 15.5. The van der Waals surface area contributed by atoms with Crippen LogP contribution in [0.2, 0.25) is 0 Å². The number of alkyl halides is 1. The molecule has 0 radical (unpaired) electrons. The molecule has 110 valence electrons. The molecule has 0 aliphatic rings. The lowest BCUT2D eigenvalue weighted by molar-refractivity contribution is 0.0600. The largest absolute Gasteiger partial charge is 0.465 e. The number of benzene rings is 2. The molecular formula is C18H14ClNO2. The third-order valence-corrected chi connectivity index (χ3v) is 3.80. The lowest BCUT2D eigenvalue weighted by Gasteiger charge is -2.15. The first-order chi connectivity index (χ1) is 10.8. The quantitative estimate of drug-likeness (QED) is 0.530. The zero-order valence-electron chi connectivity index (χ0n) is 12.0. The van der Waals surface area contributed by atoms with Crippen LogP contribution in [-0.2, 0) is 10.6 Å². The predicted molar refractivity (Wildman–Crippen MR) is 88.1 cm³/mol. The number of carbonyl (C=O) groups is 1. The standard InChI is InChI=1S/C18H14ClNO2/c1-22-18(21)17-15(11-19)20-14-10-6-5-9-13(14)16(17)12-7-3-2-4-8-12/h2-10H,11H2,1H3. The Labute approximate surface area is 133 Å². The van der Waals surface area contributed by atoms with E-state index in [2.05, 4.69) is 4.98 Å². The smallest absolute Gasteiger partial charge is 0.340 e. The van der Waals surface area contributed by atoms with E-state index in [1.807, 2.05) is 54.6 Å². The molecule has 1 aromatic heterocycles. The van der Waals surface area contributed by atoms with Crippen LogP contribution in [0.4, 0.5) is 0 Å². The lowest BCUT2D eigenvalue weighted by Crippen LogP contribution is -2.10. The summed E-state index contributed by atoms with van der Waals surface area (Å²) in [5.74, 6) is -0.275. The maximum Gasteiger partial charge on any atom is 0.340 e. The van der Waals surface area contributed by atoms with Gasteiger partial charge in [0.15, 0.2) is 0 Å². The van der Waals surface area contributed by atoms with E-state index in [1.165, 1.54) is 7.11 Å². The first kappa shape index (κ1) is 14.5. The minimum absolute atomic E-state index is 0.148. The van der Waals surface area contributed by atoms with Crippen LogP contribution >= 0.6 is 11.6 Å². The molecule has 1 heterocycles. The van der Waals surface area contributed by atoms with Gasteiger partial charge < -0.3 is 4.74 Å². The van der Waals surface area contributed by atoms with Crippen LogP contribution in [-0.4, -0.2) is 18.1 Å². The van der Waals surface area contributed by atoms with Gasteiger partial charge in [0, 0.05) is 10.9 Å². The molecule has 3 rings (SSSR count). The van der Waals surface area contributed by atoms with Crippen molar-refractivity contribution in [2.45, 2.75) is 5.88 Å². The van der Waals surface area contributed by atoms with E-state index in [4.69, 9.17) is 16.3 Å². The van der Waals surface area contributed by atoms with Crippen molar-refractivity contribution in [1.29, 1.82) is 0 Å². The minimum Gasteiger partial charge on any atom is -0.465 e. The number of pyridine rings is 1. The fourth-order valence-corrected chi connectivity index (χ4v) is 2.78. The molecule has 0 aliphatic heterocycles. The van der Waals surface area contributed by atoms with Crippen molar-refractivity contribution < 1.29 is 9.53 Å². The second-order valence-corrected chi connectivity index (χ2v) is 5.08. The summed E-state index contributed by atoms with van der Waals surface area (Å²) in [4.78, 5) is 16.8. The summed E-state index contributed by atoms with van der Waals surface area (Å²) < 4.78 is 4.95. The Bertz CT molecular complexity index is 831. The number of rotatable bonds is 3. The number of hydrogen-bond acceptors (Lipinski definition) is 3. The third-order valence-electron chi connectivity index (χ3n) is 3.55. The van der Waals surface area contributed by atoms with Gasteiger partial charge in [-0.2, -0.15) is 0 Å². The number of halogens is 1. The van der Waals surface area contributed by atoms with Crippen molar-refractivity contribution in [2.75, 3.05) is 7.11 Å². The number of hydrogen-bond donors (Lipinski definition) is 0. The SMILES string of the molecule is COC(=O)c1c(CCl)nc2ccccc2c1-c1ccccc1. The molecule has 0 atom stereocenters. The predicted octanol–water partition coefficient (Wildman–Crippen LogP) is 4.43. The van der Waals surface area contributed by atoms with Crippen molar-refractivity contribution in [3.8, 4) is 11.1 Å². The van der Waals surface area contributed by atoms with Gasteiger partial charge in [0.1, 0.15) is 0 Å². The van der Waals surface area contributed by atoms with Gasteiger partial charge in [-0.25, -0.2) is 4.79 Å². The van der Waals surface area contributed by atoms with E-state index < -0.39 is 5.97 Å². The number of nitrogens with zero attached hydrogens (tertiary/aromatic N) is 1. The highest BCUT2D eigenvalue weighted by Gasteiger charge is 2.22. The molecule has 0 saturated carbocycles. The normalized spacial score (nSPS) is 10.6.